The van der Waals surface area contributed by atoms with Crippen molar-refractivity contribution in [3.05, 3.63) is 23.8 Å². The molecule has 0 unspecified atom stereocenters. The average Bonchev–Trinajstić information content (AvgIpc) is 2.32. The fraction of sp³-hybridized carbons (Fsp3) is 0.417. The summed E-state index contributed by atoms with van der Waals surface area (Å²) in [5.74, 6) is 0.414. The Balaban J connectivity index is 1.90. The van der Waals surface area contributed by atoms with Gasteiger partial charge in [-0.3, -0.25) is 4.72 Å². The highest BCUT2D eigenvalue weighted by atomic mass is 32.2. The maximum absolute atomic E-state index is 11.5. The zero-order chi connectivity index (χ0) is 14.4. The van der Waals surface area contributed by atoms with E-state index in [1.165, 1.54) is 0 Å². The number of benzene rings is 1. The Morgan fingerprint density at radius 3 is 2.80 bits per heavy atom. The number of nitrogens with zero attached hydrogens (tertiary/aromatic N) is 1. The predicted octanol–water partition coefficient (Wildman–Crippen LogP) is 0.322. The van der Waals surface area contributed by atoms with Crippen LogP contribution in [0.5, 0.6) is 5.75 Å². The summed E-state index contributed by atoms with van der Waals surface area (Å²) in [5.41, 5.74) is 12.4. The SMILES string of the molecule is NC1=NS(=O)(=O)Nc2cccc(OCC3(N)CCC3)c21. The first-order valence-corrected chi connectivity index (χ1v) is 7.76. The van der Waals surface area contributed by atoms with E-state index in [1.807, 2.05) is 0 Å². The molecule has 7 nitrogen and oxygen atoms in total. The van der Waals surface area contributed by atoms with Crippen LogP contribution < -0.4 is 20.9 Å². The molecule has 0 spiro atoms. The standard InChI is InChI=1S/C12H16N4O3S/c13-11-10-8(15-20(17,18)16-11)3-1-4-9(10)19-7-12(14)5-2-6-12/h1,3-4,15H,2,5-7,14H2,(H2,13,16). The van der Waals surface area contributed by atoms with E-state index in [9.17, 15) is 8.42 Å². The number of hydrogen-bond donors (Lipinski definition) is 3. The molecule has 1 saturated carbocycles. The van der Waals surface area contributed by atoms with Gasteiger partial charge in [0.15, 0.2) is 5.84 Å². The average molecular weight is 296 g/mol. The molecule has 108 valence electrons. The van der Waals surface area contributed by atoms with Crippen molar-refractivity contribution >= 4 is 21.7 Å². The van der Waals surface area contributed by atoms with Gasteiger partial charge >= 0.3 is 10.2 Å². The van der Waals surface area contributed by atoms with E-state index in [4.69, 9.17) is 16.2 Å². The highest BCUT2D eigenvalue weighted by molar-refractivity contribution is 7.91. The van der Waals surface area contributed by atoms with Gasteiger partial charge in [0.2, 0.25) is 0 Å². The van der Waals surface area contributed by atoms with Gasteiger partial charge in [-0.1, -0.05) is 6.07 Å². The number of fused-ring (bicyclic) bond motifs is 1. The number of hydrogen-bond acceptors (Lipinski definition) is 5. The van der Waals surface area contributed by atoms with Crippen molar-refractivity contribution < 1.29 is 13.2 Å². The molecule has 3 rings (SSSR count). The second kappa shape index (κ2) is 4.35. The molecule has 20 heavy (non-hydrogen) atoms. The second-order valence-corrected chi connectivity index (χ2v) is 6.57. The highest BCUT2D eigenvalue weighted by Crippen LogP contribution is 2.33. The molecule has 2 aliphatic rings. The first-order valence-electron chi connectivity index (χ1n) is 6.32. The Morgan fingerprint density at radius 2 is 2.15 bits per heavy atom. The number of nitrogens with one attached hydrogen (secondary N) is 1. The highest BCUT2D eigenvalue weighted by Gasteiger charge is 2.34. The number of rotatable bonds is 3. The van der Waals surface area contributed by atoms with Gasteiger partial charge < -0.3 is 16.2 Å². The normalized spacial score (nSPS) is 21.9. The number of amidine groups is 1. The molecule has 0 saturated heterocycles. The fourth-order valence-electron chi connectivity index (χ4n) is 2.33. The van der Waals surface area contributed by atoms with E-state index >= 15 is 0 Å². The Kier molecular flexibility index (Phi) is 2.87. The van der Waals surface area contributed by atoms with E-state index in [0.717, 1.165) is 19.3 Å². The smallest absolute Gasteiger partial charge is 0.344 e. The van der Waals surface area contributed by atoms with Gasteiger partial charge in [0.05, 0.1) is 16.8 Å². The minimum absolute atomic E-state index is 0.0750. The summed E-state index contributed by atoms with van der Waals surface area (Å²) in [6.45, 7) is 0.378. The van der Waals surface area contributed by atoms with Gasteiger partial charge in [-0.25, -0.2) is 0 Å². The van der Waals surface area contributed by atoms with Crippen LogP contribution in [0.1, 0.15) is 24.8 Å². The van der Waals surface area contributed by atoms with E-state index in [2.05, 4.69) is 9.12 Å². The molecule has 0 amide bonds. The molecule has 1 fully saturated rings. The third-order valence-electron chi connectivity index (χ3n) is 3.60. The van der Waals surface area contributed by atoms with Crippen LogP contribution in [0.3, 0.4) is 0 Å². The summed E-state index contributed by atoms with van der Waals surface area (Å²) < 4.78 is 34.4. The van der Waals surface area contributed by atoms with Crippen LogP contribution >= 0.6 is 0 Å². The van der Waals surface area contributed by atoms with Crippen molar-refractivity contribution in [3.63, 3.8) is 0 Å². The molecule has 0 radical (unpaired) electrons. The van der Waals surface area contributed by atoms with Gasteiger partial charge in [0.1, 0.15) is 12.4 Å². The van der Waals surface area contributed by atoms with Gasteiger partial charge in [0, 0.05) is 0 Å². The number of nitrogens with two attached hydrogens (primary N) is 2. The molecule has 0 bridgehead atoms. The lowest BCUT2D eigenvalue weighted by Crippen LogP contribution is -2.51. The Hall–Kier alpha value is -1.80. The molecular weight excluding hydrogens is 280 g/mol. The van der Waals surface area contributed by atoms with E-state index in [-0.39, 0.29) is 11.4 Å². The summed E-state index contributed by atoms with van der Waals surface area (Å²) in [6.07, 6.45) is 2.96. The summed E-state index contributed by atoms with van der Waals surface area (Å²) in [7, 11) is -3.77. The van der Waals surface area contributed by atoms with Crippen LogP contribution in [0, 0.1) is 0 Å². The zero-order valence-electron chi connectivity index (χ0n) is 10.8. The predicted molar refractivity (Wildman–Crippen MR) is 76.0 cm³/mol. The fourth-order valence-corrected chi connectivity index (χ4v) is 3.18. The zero-order valence-corrected chi connectivity index (χ0v) is 11.6. The van der Waals surface area contributed by atoms with Crippen molar-refractivity contribution in [2.24, 2.45) is 15.9 Å². The summed E-state index contributed by atoms with van der Waals surface area (Å²) in [5, 5.41) is 0. The number of anilines is 1. The lowest BCUT2D eigenvalue weighted by Gasteiger charge is -2.37. The Morgan fingerprint density at radius 1 is 1.40 bits per heavy atom. The van der Waals surface area contributed by atoms with E-state index in [0.29, 0.717) is 23.6 Å². The first kappa shape index (κ1) is 13.2. The minimum atomic E-state index is -3.77. The first-order chi connectivity index (χ1) is 9.39. The van der Waals surface area contributed by atoms with Gasteiger partial charge in [-0.2, -0.15) is 8.42 Å². The molecule has 5 N–H and O–H groups in total. The monoisotopic (exact) mass is 296 g/mol. The maximum Gasteiger partial charge on any atom is 0.344 e. The Labute approximate surface area is 117 Å². The van der Waals surface area contributed by atoms with E-state index < -0.39 is 10.2 Å². The summed E-state index contributed by atoms with van der Waals surface area (Å²) in [6, 6.07) is 5.03. The van der Waals surface area contributed by atoms with Crippen molar-refractivity contribution in [1.82, 2.24) is 0 Å². The topological polar surface area (TPSA) is 120 Å². The van der Waals surface area contributed by atoms with Crippen LogP contribution in [0.25, 0.3) is 0 Å². The molecule has 0 atom stereocenters. The van der Waals surface area contributed by atoms with Crippen LogP contribution in [-0.4, -0.2) is 26.4 Å². The quantitative estimate of drug-likeness (QED) is 0.742. The molecular formula is C12H16N4O3S. The van der Waals surface area contributed by atoms with Crippen molar-refractivity contribution in [1.29, 1.82) is 0 Å². The number of ether oxygens (including phenoxy) is 1. The Bertz CT molecular complexity index is 680. The van der Waals surface area contributed by atoms with Crippen LogP contribution in [-0.2, 0) is 10.2 Å². The van der Waals surface area contributed by atoms with Crippen LogP contribution in [0.15, 0.2) is 22.6 Å². The molecule has 8 heteroatoms. The molecule has 1 aliphatic carbocycles. The lowest BCUT2D eigenvalue weighted by atomic mass is 9.78. The molecule has 1 aromatic carbocycles. The molecule has 1 aromatic rings. The third kappa shape index (κ3) is 2.32. The van der Waals surface area contributed by atoms with Gasteiger partial charge in [-0.05, 0) is 31.4 Å². The third-order valence-corrected chi connectivity index (χ3v) is 4.52. The van der Waals surface area contributed by atoms with Crippen molar-refractivity contribution in [2.75, 3.05) is 11.3 Å². The lowest BCUT2D eigenvalue weighted by molar-refractivity contribution is 0.142. The van der Waals surface area contributed by atoms with Crippen LogP contribution in [0.2, 0.25) is 0 Å². The summed E-state index contributed by atoms with van der Waals surface area (Å²) >= 11 is 0. The van der Waals surface area contributed by atoms with Gasteiger partial charge in [0.25, 0.3) is 0 Å². The van der Waals surface area contributed by atoms with Crippen molar-refractivity contribution in [3.8, 4) is 5.75 Å². The maximum atomic E-state index is 11.5. The van der Waals surface area contributed by atoms with Gasteiger partial charge in [-0.15, -0.1) is 4.40 Å². The van der Waals surface area contributed by atoms with E-state index in [1.54, 1.807) is 18.2 Å². The molecule has 1 aliphatic heterocycles. The van der Waals surface area contributed by atoms with Crippen LogP contribution in [0.4, 0.5) is 5.69 Å². The summed E-state index contributed by atoms with van der Waals surface area (Å²) in [4.78, 5) is 0. The second-order valence-electron chi connectivity index (χ2n) is 5.24. The molecule has 1 heterocycles. The molecule has 0 aromatic heterocycles. The minimum Gasteiger partial charge on any atom is -0.491 e. The van der Waals surface area contributed by atoms with Crippen molar-refractivity contribution in [2.45, 2.75) is 24.8 Å². The largest absolute Gasteiger partial charge is 0.491 e.